The topological polar surface area (TPSA) is 130 Å². The fourth-order valence-electron chi connectivity index (χ4n) is 2.19. The van der Waals surface area contributed by atoms with Crippen LogP contribution in [0.25, 0.3) is 0 Å². The summed E-state index contributed by atoms with van der Waals surface area (Å²) in [4.78, 5) is 55.4. The van der Waals surface area contributed by atoms with Crippen molar-refractivity contribution >= 4 is 41.1 Å². The smallest absolute Gasteiger partial charge is 0.319 e. The molecule has 1 heterocycles. The van der Waals surface area contributed by atoms with Gasteiger partial charge in [-0.15, -0.1) is 0 Å². The van der Waals surface area contributed by atoms with E-state index in [2.05, 4.69) is 20.6 Å². The minimum Gasteiger partial charge on any atom is -0.465 e. The highest BCUT2D eigenvalue weighted by molar-refractivity contribution is 8.00. The zero-order chi connectivity index (χ0) is 21.4. The van der Waals surface area contributed by atoms with E-state index in [4.69, 9.17) is 4.74 Å². The largest absolute Gasteiger partial charge is 0.465 e. The molecule has 3 N–H and O–H groups in total. The minimum atomic E-state index is -0.658. The van der Waals surface area contributed by atoms with Crippen LogP contribution in [0.5, 0.6) is 0 Å². The Labute approximate surface area is 171 Å². The molecule has 10 heteroatoms. The van der Waals surface area contributed by atoms with Gasteiger partial charge in [-0.25, -0.2) is 4.98 Å². The summed E-state index contributed by atoms with van der Waals surface area (Å²) in [5.74, 6) is -1.46. The van der Waals surface area contributed by atoms with Crippen LogP contribution in [0.15, 0.2) is 40.3 Å². The average Bonchev–Trinajstić information content (AvgIpc) is 2.71. The van der Waals surface area contributed by atoms with Gasteiger partial charge < -0.3 is 15.4 Å². The first-order chi connectivity index (χ1) is 13.8. The summed E-state index contributed by atoms with van der Waals surface area (Å²) in [5.41, 5.74) is -0.503. The summed E-state index contributed by atoms with van der Waals surface area (Å²) >= 11 is 0.973. The molecule has 0 bridgehead atoms. The lowest BCUT2D eigenvalue weighted by Crippen LogP contribution is -2.25. The quantitative estimate of drug-likeness (QED) is 0.341. The molecule has 0 spiro atoms. The van der Waals surface area contributed by atoms with Gasteiger partial charge in [0, 0.05) is 12.0 Å². The van der Waals surface area contributed by atoms with Crippen molar-refractivity contribution < 1.29 is 19.1 Å². The van der Waals surface area contributed by atoms with Crippen LogP contribution in [0, 0.1) is 0 Å². The Balaban J connectivity index is 2.34. The number of nitrogens with one attached hydrogen (secondary N) is 3. The molecule has 9 nitrogen and oxygen atoms in total. The van der Waals surface area contributed by atoms with E-state index < -0.39 is 22.7 Å². The Bertz CT molecular complexity index is 945. The van der Waals surface area contributed by atoms with Crippen LogP contribution in [0.4, 0.5) is 11.5 Å². The second-order valence-corrected chi connectivity index (χ2v) is 7.16. The van der Waals surface area contributed by atoms with Gasteiger partial charge in [0.25, 0.3) is 11.5 Å². The highest BCUT2D eigenvalue weighted by atomic mass is 32.2. The van der Waals surface area contributed by atoms with Crippen molar-refractivity contribution in [2.45, 2.75) is 37.6 Å². The number of H-pyrrole nitrogens is 1. The van der Waals surface area contributed by atoms with E-state index in [-0.39, 0.29) is 35.6 Å². The maximum atomic E-state index is 12.6. The number of aromatic nitrogens is 2. The first kappa shape index (κ1) is 22.2. The van der Waals surface area contributed by atoms with Gasteiger partial charge in [-0.3, -0.25) is 24.2 Å². The Kier molecular flexibility index (Phi) is 7.96. The Morgan fingerprint density at radius 3 is 2.48 bits per heavy atom. The number of benzene rings is 1. The van der Waals surface area contributed by atoms with Crippen LogP contribution >= 0.6 is 11.8 Å². The van der Waals surface area contributed by atoms with E-state index in [0.717, 1.165) is 11.8 Å². The van der Waals surface area contributed by atoms with Gasteiger partial charge in [0.1, 0.15) is 5.25 Å². The summed E-state index contributed by atoms with van der Waals surface area (Å²) in [6, 6.07) is 8.31. The molecule has 2 rings (SSSR count). The number of thioether (sulfide) groups is 1. The van der Waals surface area contributed by atoms with Crippen molar-refractivity contribution in [1.29, 1.82) is 0 Å². The van der Waals surface area contributed by atoms with E-state index >= 15 is 0 Å². The molecule has 2 amide bonds. The SMILES string of the molecule is CCOC(=O)[C@@H](C)Sc1nc(NC(=O)CC)c(NC(=O)c2ccccc2)c(=O)[nH]1. The zero-order valence-electron chi connectivity index (χ0n) is 16.3. The van der Waals surface area contributed by atoms with Crippen LogP contribution in [-0.2, 0) is 14.3 Å². The second kappa shape index (κ2) is 10.4. The number of aromatic amines is 1. The summed E-state index contributed by atoms with van der Waals surface area (Å²) in [7, 11) is 0. The molecule has 0 saturated carbocycles. The molecule has 1 aromatic carbocycles. The molecular weight excluding hydrogens is 396 g/mol. The van der Waals surface area contributed by atoms with Gasteiger partial charge in [-0.1, -0.05) is 36.9 Å². The number of rotatable bonds is 8. The predicted molar refractivity (Wildman–Crippen MR) is 110 cm³/mol. The van der Waals surface area contributed by atoms with Crippen molar-refractivity contribution in [3.63, 3.8) is 0 Å². The Morgan fingerprint density at radius 1 is 1.17 bits per heavy atom. The van der Waals surface area contributed by atoms with Gasteiger partial charge in [-0.05, 0) is 26.0 Å². The van der Waals surface area contributed by atoms with E-state index in [9.17, 15) is 19.2 Å². The van der Waals surface area contributed by atoms with Gasteiger partial charge in [0.2, 0.25) is 5.91 Å². The molecule has 29 heavy (non-hydrogen) atoms. The number of hydrogen-bond donors (Lipinski definition) is 3. The number of carbonyl (C=O) groups is 3. The maximum Gasteiger partial charge on any atom is 0.319 e. The van der Waals surface area contributed by atoms with Crippen LogP contribution in [0.1, 0.15) is 37.6 Å². The molecule has 2 aromatic rings. The number of hydrogen-bond acceptors (Lipinski definition) is 7. The number of ether oxygens (including phenoxy) is 1. The predicted octanol–water partition coefficient (Wildman–Crippen LogP) is 2.41. The first-order valence-electron chi connectivity index (χ1n) is 8.99. The number of nitrogens with zero attached hydrogens (tertiary/aromatic N) is 1. The molecule has 0 aliphatic carbocycles. The van der Waals surface area contributed by atoms with Crippen LogP contribution in [-0.4, -0.2) is 39.6 Å². The third-order valence-corrected chi connectivity index (χ3v) is 4.62. The van der Waals surface area contributed by atoms with E-state index in [1.165, 1.54) is 0 Å². The van der Waals surface area contributed by atoms with Gasteiger partial charge >= 0.3 is 5.97 Å². The highest BCUT2D eigenvalue weighted by Crippen LogP contribution is 2.24. The average molecular weight is 418 g/mol. The van der Waals surface area contributed by atoms with Gasteiger partial charge in [0.15, 0.2) is 16.7 Å². The van der Waals surface area contributed by atoms with Crippen molar-refractivity contribution in [2.24, 2.45) is 0 Å². The van der Waals surface area contributed by atoms with Crippen molar-refractivity contribution in [3.05, 3.63) is 46.2 Å². The first-order valence-corrected chi connectivity index (χ1v) is 9.87. The summed E-state index contributed by atoms with van der Waals surface area (Å²) in [5, 5.41) is 4.48. The van der Waals surface area contributed by atoms with E-state index in [1.54, 1.807) is 51.1 Å². The lowest BCUT2D eigenvalue weighted by atomic mass is 10.2. The van der Waals surface area contributed by atoms with Crippen molar-refractivity contribution in [3.8, 4) is 0 Å². The summed E-state index contributed by atoms with van der Waals surface area (Å²) in [6.45, 7) is 5.18. The molecule has 1 atom stereocenters. The molecule has 1 aromatic heterocycles. The normalized spacial score (nSPS) is 11.4. The molecule has 0 saturated heterocycles. The molecule has 0 radical (unpaired) electrons. The molecule has 0 unspecified atom stereocenters. The summed E-state index contributed by atoms with van der Waals surface area (Å²) in [6.07, 6.45) is 0.155. The minimum absolute atomic E-state index is 0.0940. The third kappa shape index (κ3) is 6.18. The van der Waals surface area contributed by atoms with E-state index in [1.807, 2.05) is 0 Å². The lowest BCUT2D eigenvalue weighted by molar-refractivity contribution is -0.142. The number of carbonyl (C=O) groups excluding carboxylic acids is 3. The Hall–Kier alpha value is -3.14. The highest BCUT2D eigenvalue weighted by Gasteiger charge is 2.21. The molecule has 0 aliphatic heterocycles. The lowest BCUT2D eigenvalue weighted by Gasteiger charge is -2.13. The number of esters is 1. The van der Waals surface area contributed by atoms with Gasteiger partial charge in [0.05, 0.1) is 6.61 Å². The second-order valence-electron chi connectivity index (χ2n) is 5.83. The van der Waals surface area contributed by atoms with Gasteiger partial charge in [-0.2, -0.15) is 0 Å². The monoisotopic (exact) mass is 418 g/mol. The van der Waals surface area contributed by atoms with Crippen molar-refractivity contribution in [2.75, 3.05) is 17.2 Å². The van der Waals surface area contributed by atoms with Crippen molar-refractivity contribution in [1.82, 2.24) is 9.97 Å². The Morgan fingerprint density at radius 2 is 1.86 bits per heavy atom. The maximum absolute atomic E-state index is 12.6. The fraction of sp³-hybridized carbons (Fsp3) is 0.316. The molecule has 154 valence electrons. The number of amides is 2. The fourth-order valence-corrected chi connectivity index (χ4v) is 2.98. The molecular formula is C19H22N4O5S. The summed E-state index contributed by atoms with van der Waals surface area (Å²) < 4.78 is 4.94. The van der Waals surface area contributed by atoms with E-state index in [0.29, 0.717) is 5.56 Å². The third-order valence-electron chi connectivity index (χ3n) is 3.66. The van der Waals surface area contributed by atoms with Crippen LogP contribution in [0.2, 0.25) is 0 Å². The molecule has 0 fully saturated rings. The van der Waals surface area contributed by atoms with Crippen LogP contribution < -0.4 is 16.2 Å². The molecule has 0 aliphatic rings. The zero-order valence-corrected chi connectivity index (χ0v) is 17.1. The standard InChI is InChI=1S/C19H22N4O5S/c1-4-13(24)20-15-14(21-16(25)12-9-7-6-8-10-12)17(26)23-19(22-15)29-11(3)18(27)28-5-2/h6-11H,4-5H2,1-3H3,(H,21,25)(H2,20,22,23,24,26)/t11-/m1/s1. The number of anilines is 2. The van der Waals surface area contributed by atoms with Crippen LogP contribution in [0.3, 0.4) is 0 Å².